The molecule has 1 saturated heterocycles. The van der Waals surface area contributed by atoms with E-state index >= 15 is 0 Å². The summed E-state index contributed by atoms with van der Waals surface area (Å²) < 4.78 is 0. The van der Waals surface area contributed by atoms with E-state index in [-0.39, 0.29) is 24.4 Å². The van der Waals surface area contributed by atoms with Crippen molar-refractivity contribution in [2.24, 2.45) is 0 Å². The normalized spacial score (nSPS) is 24.9. The molecule has 16 heavy (non-hydrogen) atoms. The molecule has 0 aromatic rings. The lowest BCUT2D eigenvalue weighted by molar-refractivity contribution is -0.134. The first-order valence-corrected chi connectivity index (χ1v) is 6.02. The molecule has 0 aromatic carbocycles. The molecule has 0 spiro atoms. The minimum absolute atomic E-state index is 0.0538. The van der Waals surface area contributed by atoms with Crippen LogP contribution in [0.1, 0.15) is 26.2 Å². The van der Waals surface area contributed by atoms with E-state index in [1.165, 1.54) is 12.8 Å². The van der Waals surface area contributed by atoms with E-state index in [4.69, 9.17) is 0 Å². The minimum Gasteiger partial charge on any atom is -0.355 e. The van der Waals surface area contributed by atoms with Gasteiger partial charge in [-0.25, -0.2) is 0 Å². The first kappa shape index (κ1) is 11.4. The van der Waals surface area contributed by atoms with E-state index in [0.29, 0.717) is 19.1 Å². The predicted molar refractivity (Wildman–Crippen MR) is 59.8 cm³/mol. The predicted octanol–water partition coefficient (Wildman–Crippen LogP) is -0.525. The molecule has 2 rings (SSSR count). The molecule has 0 bridgehead atoms. The van der Waals surface area contributed by atoms with Crippen molar-refractivity contribution in [1.82, 2.24) is 15.5 Å². The molecular formula is C11H19N3O2. The van der Waals surface area contributed by atoms with Gasteiger partial charge in [-0.05, 0) is 26.2 Å². The van der Waals surface area contributed by atoms with Crippen LogP contribution in [0.2, 0.25) is 0 Å². The highest BCUT2D eigenvalue weighted by Gasteiger charge is 2.35. The highest BCUT2D eigenvalue weighted by molar-refractivity contribution is 5.89. The molecule has 5 heteroatoms. The Kier molecular flexibility index (Phi) is 3.43. The molecule has 1 saturated carbocycles. The number of likely N-dealkylation sites (N-methyl/N-ethyl adjacent to an activating group) is 1. The van der Waals surface area contributed by atoms with Crippen LogP contribution in [-0.4, -0.2) is 48.4 Å². The Morgan fingerprint density at radius 2 is 2.19 bits per heavy atom. The monoisotopic (exact) mass is 225 g/mol. The molecule has 2 fully saturated rings. The maximum atomic E-state index is 11.9. The van der Waals surface area contributed by atoms with Gasteiger partial charge in [0.05, 0.1) is 12.6 Å². The zero-order chi connectivity index (χ0) is 11.5. The van der Waals surface area contributed by atoms with Crippen molar-refractivity contribution in [1.29, 1.82) is 0 Å². The molecule has 2 amide bonds. The van der Waals surface area contributed by atoms with Gasteiger partial charge in [-0.1, -0.05) is 0 Å². The molecule has 0 radical (unpaired) electrons. The summed E-state index contributed by atoms with van der Waals surface area (Å²) in [5, 5.41) is 6.02. The molecule has 1 unspecified atom stereocenters. The van der Waals surface area contributed by atoms with Crippen LogP contribution in [-0.2, 0) is 9.59 Å². The maximum Gasteiger partial charge on any atom is 0.240 e. The second kappa shape index (κ2) is 4.82. The summed E-state index contributed by atoms with van der Waals surface area (Å²) in [6.45, 7) is 3.39. The fourth-order valence-corrected chi connectivity index (χ4v) is 2.01. The van der Waals surface area contributed by atoms with Gasteiger partial charge >= 0.3 is 0 Å². The second-order valence-corrected chi connectivity index (χ2v) is 4.50. The Balaban J connectivity index is 1.78. The van der Waals surface area contributed by atoms with E-state index in [9.17, 15) is 9.59 Å². The number of carbonyl (C=O) groups is 2. The largest absolute Gasteiger partial charge is 0.355 e. The van der Waals surface area contributed by atoms with Crippen LogP contribution < -0.4 is 10.6 Å². The van der Waals surface area contributed by atoms with Gasteiger partial charge in [0.1, 0.15) is 0 Å². The van der Waals surface area contributed by atoms with Gasteiger partial charge in [0, 0.05) is 19.1 Å². The number of hydrogen-bond acceptors (Lipinski definition) is 3. The van der Waals surface area contributed by atoms with Crippen molar-refractivity contribution >= 4 is 11.8 Å². The van der Waals surface area contributed by atoms with Crippen molar-refractivity contribution < 1.29 is 9.59 Å². The summed E-state index contributed by atoms with van der Waals surface area (Å²) >= 11 is 0. The second-order valence-electron chi connectivity index (χ2n) is 4.50. The fourth-order valence-electron chi connectivity index (χ4n) is 2.01. The average molecular weight is 225 g/mol. The zero-order valence-electron chi connectivity index (χ0n) is 9.66. The molecule has 0 aromatic heterocycles. The SMILES string of the molecule is CCNC(=O)CN1CCC(NC2CC2)C1=O. The zero-order valence-corrected chi connectivity index (χ0v) is 9.66. The number of amides is 2. The lowest BCUT2D eigenvalue weighted by Gasteiger charge is -2.16. The van der Waals surface area contributed by atoms with Gasteiger partial charge in [-0.2, -0.15) is 0 Å². The van der Waals surface area contributed by atoms with Gasteiger partial charge in [-0.3, -0.25) is 9.59 Å². The lowest BCUT2D eigenvalue weighted by atomic mass is 10.2. The number of nitrogens with zero attached hydrogens (tertiary/aromatic N) is 1. The Hall–Kier alpha value is -1.10. The Morgan fingerprint density at radius 1 is 1.44 bits per heavy atom. The van der Waals surface area contributed by atoms with Crippen LogP contribution in [0, 0.1) is 0 Å². The summed E-state index contributed by atoms with van der Waals surface area (Å²) in [5.41, 5.74) is 0. The first-order chi connectivity index (χ1) is 7.70. The van der Waals surface area contributed by atoms with Gasteiger partial charge < -0.3 is 15.5 Å². The van der Waals surface area contributed by atoms with Gasteiger partial charge in [0.25, 0.3) is 0 Å². The van der Waals surface area contributed by atoms with E-state index in [1.807, 2.05) is 6.92 Å². The Bertz CT molecular complexity index is 289. The number of carbonyl (C=O) groups excluding carboxylic acids is 2. The van der Waals surface area contributed by atoms with Crippen LogP contribution in [0.15, 0.2) is 0 Å². The van der Waals surface area contributed by atoms with Gasteiger partial charge in [-0.15, -0.1) is 0 Å². The smallest absolute Gasteiger partial charge is 0.240 e. The van der Waals surface area contributed by atoms with Crippen molar-refractivity contribution in [2.75, 3.05) is 19.6 Å². The summed E-state index contributed by atoms with van der Waals surface area (Å²) in [5.74, 6) is 0.0149. The third kappa shape index (κ3) is 2.72. The van der Waals surface area contributed by atoms with Gasteiger partial charge in [0.2, 0.25) is 11.8 Å². The number of likely N-dealkylation sites (tertiary alicyclic amines) is 1. The van der Waals surface area contributed by atoms with Crippen molar-refractivity contribution in [3.05, 3.63) is 0 Å². The van der Waals surface area contributed by atoms with Crippen LogP contribution in [0.4, 0.5) is 0 Å². The third-order valence-electron chi connectivity index (χ3n) is 3.02. The number of hydrogen-bond donors (Lipinski definition) is 2. The van der Waals surface area contributed by atoms with Crippen LogP contribution in [0.5, 0.6) is 0 Å². The average Bonchev–Trinajstić information content (AvgIpc) is 2.99. The fraction of sp³-hybridized carbons (Fsp3) is 0.818. The van der Waals surface area contributed by atoms with Crippen LogP contribution >= 0.6 is 0 Å². The van der Waals surface area contributed by atoms with E-state index in [1.54, 1.807) is 4.90 Å². The molecule has 1 aliphatic heterocycles. The highest BCUT2D eigenvalue weighted by atomic mass is 16.2. The molecule has 1 heterocycles. The van der Waals surface area contributed by atoms with Crippen LogP contribution in [0.25, 0.3) is 0 Å². The molecule has 2 N–H and O–H groups in total. The van der Waals surface area contributed by atoms with E-state index in [2.05, 4.69) is 10.6 Å². The lowest BCUT2D eigenvalue weighted by Crippen LogP contribution is -2.43. The van der Waals surface area contributed by atoms with E-state index in [0.717, 1.165) is 6.42 Å². The van der Waals surface area contributed by atoms with Crippen LogP contribution in [0.3, 0.4) is 0 Å². The Morgan fingerprint density at radius 3 is 2.81 bits per heavy atom. The summed E-state index contributed by atoms with van der Waals surface area (Å²) in [4.78, 5) is 24.9. The standard InChI is InChI=1S/C11H19N3O2/c1-2-12-10(15)7-14-6-5-9(11(14)16)13-8-3-4-8/h8-9,13H,2-7H2,1H3,(H,12,15). The Labute approximate surface area is 95.6 Å². The summed E-state index contributed by atoms with van der Waals surface area (Å²) in [7, 11) is 0. The van der Waals surface area contributed by atoms with Crippen molar-refractivity contribution in [3.8, 4) is 0 Å². The highest BCUT2D eigenvalue weighted by Crippen LogP contribution is 2.22. The maximum absolute atomic E-state index is 11.9. The van der Waals surface area contributed by atoms with Crippen molar-refractivity contribution in [3.63, 3.8) is 0 Å². The third-order valence-corrected chi connectivity index (χ3v) is 3.02. The van der Waals surface area contributed by atoms with Crippen molar-refractivity contribution in [2.45, 2.75) is 38.3 Å². The summed E-state index contributed by atoms with van der Waals surface area (Å²) in [6, 6.07) is 0.486. The first-order valence-electron chi connectivity index (χ1n) is 6.02. The molecule has 1 atom stereocenters. The minimum atomic E-state index is -0.0667. The number of rotatable bonds is 5. The quantitative estimate of drug-likeness (QED) is 0.661. The summed E-state index contributed by atoms with van der Waals surface area (Å²) in [6.07, 6.45) is 3.19. The van der Waals surface area contributed by atoms with E-state index < -0.39 is 0 Å². The molecule has 1 aliphatic carbocycles. The molecule has 2 aliphatic rings. The topological polar surface area (TPSA) is 61.4 Å². The molecular weight excluding hydrogens is 206 g/mol. The molecule has 5 nitrogen and oxygen atoms in total. The van der Waals surface area contributed by atoms with Gasteiger partial charge in [0.15, 0.2) is 0 Å². The molecule has 90 valence electrons. The number of nitrogens with one attached hydrogen (secondary N) is 2.